The summed E-state index contributed by atoms with van der Waals surface area (Å²) in [5, 5.41) is 17.1. The molecule has 0 aliphatic carbocycles. The molecule has 6 aliphatic heterocycles. The summed E-state index contributed by atoms with van der Waals surface area (Å²) in [6, 6.07) is 3.54. The van der Waals surface area contributed by atoms with E-state index in [4.69, 9.17) is 68.5 Å². The van der Waals surface area contributed by atoms with Crippen molar-refractivity contribution in [2.45, 2.75) is 132 Å². The van der Waals surface area contributed by atoms with Gasteiger partial charge in [0.2, 0.25) is 23.6 Å². The second kappa shape index (κ2) is 33.0. The fraction of sp³-hybridized carbons (Fsp3) is 0.667. The highest BCUT2D eigenvalue weighted by Gasteiger charge is 2.63. The Bertz CT molecular complexity index is 2620. The van der Waals surface area contributed by atoms with Crippen molar-refractivity contribution in [3.63, 3.8) is 0 Å². The number of hydrogen-bond donors (Lipinski definition) is 3. The van der Waals surface area contributed by atoms with Crippen LogP contribution in [-0.4, -0.2) is 228 Å². The van der Waals surface area contributed by atoms with Crippen LogP contribution in [-0.2, 0) is 97.0 Å². The number of fused-ring (bicyclic) bond motifs is 6. The molecule has 3 unspecified atom stereocenters. The number of nitrogens with one attached hydrogen (secondary N) is 2. The van der Waals surface area contributed by atoms with Crippen molar-refractivity contribution in [3.05, 3.63) is 46.5 Å². The molecule has 8 atom stereocenters. The van der Waals surface area contributed by atoms with Gasteiger partial charge in [0.15, 0.2) is 11.8 Å². The van der Waals surface area contributed by atoms with Gasteiger partial charge in [-0.1, -0.05) is 35.4 Å². The number of ether oxygens (including phenoxy) is 11. The van der Waals surface area contributed by atoms with Crippen LogP contribution in [0.1, 0.15) is 84.6 Å². The zero-order chi connectivity index (χ0) is 62.6. The number of carbonyl (C=O) groups excluding carboxylic acids is 9. The molecule has 6 bridgehead atoms. The second-order valence-corrected chi connectivity index (χ2v) is 23.1. The van der Waals surface area contributed by atoms with Gasteiger partial charge in [-0.25, -0.2) is 14.4 Å². The van der Waals surface area contributed by atoms with Crippen molar-refractivity contribution in [3.8, 4) is 5.75 Å². The average Bonchev–Trinajstić information content (AvgIpc) is 0.879. The molecule has 1 aromatic rings. The maximum Gasteiger partial charge on any atom is 0.409 e. The van der Waals surface area contributed by atoms with Crippen LogP contribution in [0.3, 0.4) is 0 Å². The largest absolute Gasteiger partial charge is 0.495 e. The molecule has 7 rings (SSSR count). The minimum Gasteiger partial charge on any atom is -0.495 e. The maximum atomic E-state index is 14.3. The molecule has 3 N–H and O–H groups in total. The van der Waals surface area contributed by atoms with Crippen molar-refractivity contribution in [1.82, 2.24) is 20.6 Å². The van der Waals surface area contributed by atoms with Gasteiger partial charge < -0.3 is 72.3 Å². The Morgan fingerprint density at radius 1 is 0.849 bits per heavy atom. The molecule has 29 heteroatoms. The number of aliphatic hydroxyl groups is 1. The van der Waals surface area contributed by atoms with Crippen LogP contribution >= 0.6 is 23.4 Å². The smallest absolute Gasteiger partial charge is 0.409 e. The van der Waals surface area contributed by atoms with Gasteiger partial charge in [-0.3, -0.25) is 39.0 Å². The minimum absolute atomic E-state index is 0.0131. The lowest BCUT2D eigenvalue weighted by Gasteiger charge is -2.59. The second-order valence-electron chi connectivity index (χ2n) is 21.4. The fourth-order valence-electron chi connectivity index (χ4n) is 10.1. The predicted octanol–water partition coefficient (Wildman–Crippen LogP) is 2.66. The minimum atomic E-state index is -1.90. The van der Waals surface area contributed by atoms with Crippen molar-refractivity contribution < 1.29 is 105 Å². The number of allylic oxidation sites excluding steroid dienone is 3. The third kappa shape index (κ3) is 19.6. The number of benzene rings is 1. The highest BCUT2D eigenvalue weighted by molar-refractivity contribution is 8.00. The molecule has 27 nitrogen and oxygen atoms in total. The van der Waals surface area contributed by atoms with Gasteiger partial charge in [0, 0.05) is 71.5 Å². The van der Waals surface area contributed by atoms with Gasteiger partial charge in [0.05, 0.1) is 104 Å². The molecule has 7 amide bonds. The molecule has 1 aromatic carbocycles. The molecule has 0 saturated carbocycles. The highest BCUT2D eigenvalue weighted by atomic mass is 35.5. The quantitative estimate of drug-likeness (QED) is 0.0547. The monoisotopic (exact) mass is 1250 g/mol. The van der Waals surface area contributed by atoms with Crippen LogP contribution in [0.2, 0.25) is 5.02 Å². The van der Waals surface area contributed by atoms with E-state index in [-0.39, 0.29) is 147 Å². The molecule has 86 heavy (non-hydrogen) atoms. The number of rotatable bonds is 31. The van der Waals surface area contributed by atoms with Gasteiger partial charge >= 0.3 is 18.0 Å². The van der Waals surface area contributed by atoms with Crippen LogP contribution in [0.4, 0.5) is 10.5 Å². The first-order valence-corrected chi connectivity index (χ1v) is 29.8. The third-order valence-corrected chi connectivity index (χ3v) is 16.2. The van der Waals surface area contributed by atoms with Crippen molar-refractivity contribution >= 4 is 82.5 Å². The number of imide groups is 2. The maximum absolute atomic E-state index is 14.3. The summed E-state index contributed by atoms with van der Waals surface area (Å²) < 4.78 is 62.7. The lowest BCUT2D eigenvalue weighted by Crippen LogP contribution is -2.72. The highest BCUT2D eigenvalue weighted by Crippen LogP contribution is 2.50. The number of methoxy groups -OCH3 is 2. The van der Waals surface area contributed by atoms with E-state index in [2.05, 4.69) is 10.6 Å². The van der Waals surface area contributed by atoms with Gasteiger partial charge in [0.25, 0.3) is 11.8 Å². The van der Waals surface area contributed by atoms with Crippen LogP contribution < -0.4 is 20.3 Å². The number of anilines is 1. The van der Waals surface area contributed by atoms with Gasteiger partial charge in [-0.15, -0.1) is 16.8 Å². The summed E-state index contributed by atoms with van der Waals surface area (Å²) >= 11 is 8.06. The molecule has 478 valence electrons. The number of halogens is 1. The van der Waals surface area contributed by atoms with E-state index in [0.717, 1.165) is 16.0 Å². The van der Waals surface area contributed by atoms with E-state index >= 15 is 0 Å². The van der Waals surface area contributed by atoms with E-state index in [0.29, 0.717) is 41.9 Å². The van der Waals surface area contributed by atoms with E-state index < -0.39 is 82.3 Å². The Labute approximate surface area is 508 Å². The molecule has 6 heterocycles. The molecular formula is C57H80ClN5O22S. The molecule has 0 spiro atoms. The summed E-state index contributed by atoms with van der Waals surface area (Å²) in [6.45, 7) is 9.03. The number of carbonyl (C=O) groups is 9. The Kier molecular flexibility index (Phi) is 26.6. The van der Waals surface area contributed by atoms with Crippen LogP contribution in [0.25, 0.3) is 0 Å². The number of hydroxylamine groups is 2. The lowest BCUT2D eigenvalue weighted by atomic mass is 9.72. The van der Waals surface area contributed by atoms with Gasteiger partial charge in [-0.2, -0.15) is 0 Å². The zero-order valence-electron chi connectivity index (χ0n) is 49.7. The number of likely N-dealkylation sites (tertiary alicyclic amines) is 1. The Morgan fingerprint density at radius 3 is 2.15 bits per heavy atom. The summed E-state index contributed by atoms with van der Waals surface area (Å²) in [5.41, 5.74) is -2.37. The summed E-state index contributed by atoms with van der Waals surface area (Å²) in [6.07, 6.45) is -0.143. The molecule has 6 aliphatic rings. The summed E-state index contributed by atoms with van der Waals surface area (Å²) in [5.74, 6) is -3.52. The number of nitrogens with zero attached hydrogens (tertiary/aromatic N) is 3. The average molecular weight is 1250 g/mol. The molecule has 0 radical (unpaired) electrons. The van der Waals surface area contributed by atoms with E-state index in [1.165, 1.54) is 37.8 Å². The van der Waals surface area contributed by atoms with Crippen molar-refractivity contribution in [2.24, 2.45) is 0 Å². The number of hydrogen-bond acceptors (Lipinski definition) is 23. The first-order valence-electron chi connectivity index (χ1n) is 28.4. The van der Waals surface area contributed by atoms with Crippen molar-refractivity contribution in [1.29, 1.82) is 0 Å². The Morgan fingerprint density at radius 2 is 1.49 bits per heavy atom. The zero-order valence-corrected chi connectivity index (χ0v) is 51.3. The number of esters is 1. The summed E-state index contributed by atoms with van der Waals surface area (Å²) in [7, 11) is 4.43. The Hall–Kier alpha value is -5.79. The number of amides is 7. The molecule has 4 fully saturated rings. The molecule has 0 aromatic heterocycles. The SMILES string of the molecule is COc1cc2cc(c1Cl)N(C)C(=O)C[C@H](OC(=O)[C@H](C)OCCOCCSC1CC(=O)N(CCC(=O)NCCOCCOCCOCCOCCC(=O)ON3C(=O)CCC3=O)C1=O)[C@@]1(C)CC(C)(O1)C1C[C@@](O)(NC(=O)O1)[C@H](OC)/C=C/C=C(\C)C2. The lowest BCUT2D eigenvalue weighted by molar-refractivity contribution is -0.328. The van der Waals surface area contributed by atoms with E-state index in [1.54, 1.807) is 45.2 Å². The standard InChI is InChI=1S/C57H80ClN5O22S/c1-36-9-8-10-42(75-7)57(73)34-44(83-54(72)60-57)56(4)35-55(3,85-56)43(33-48(67)61(5)39-30-38(29-36)31-40(74-6)51(39)58)82-53(71)37(2)81-26-25-80-27-28-86-41-32-49(68)62(52(41)70)16-13-45(64)59-15-18-77-20-22-79-24-23-78-21-19-76-17-14-50(69)84-63-46(65)11-12-47(63)66/h8-10,30-31,37,41-44,73H,11-29,32-35H2,1-7H3,(H,59,64)(H,60,72)/b10-8+,36-9+/t37-,41?,42+,43-,44?,55+,56?,57-/m0/s1. The van der Waals surface area contributed by atoms with Crippen LogP contribution in [0.5, 0.6) is 5.75 Å². The van der Waals surface area contributed by atoms with Crippen LogP contribution in [0.15, 0.2) is 35.9 Å². The topological polar surface area (TPSA) is 318 Å². The Balaban J connectivity index is 0.858. The van der Waals surface area contributed by atoms with Gasteiger partial charge in [-0.05, 0) is 51.8 Å². The normalized spacial score (nSPS) is 26.6. The van der Waals surface area contributed by atoms with Gasteiger partial charge in [0.1, 0.15) is 40.3 Å². The molecular weight excluding hydrogens is 1170 g/mol. The molecule has 4 saturated heterocycles. The van der Waals surface area contributed by atoms with Crippen LogP contribution in [0, 0.1) is 0 Å². The number of alkyl carbamates (subject to hydrolysis) is 1. The van der Waals surface area contributed by atoms with Crippen molar-refractivity contribution in [2.75, 3.05) is 118 Å². The first-order chi connectivity index (χ1) is 41.0. The summed E-state index contributed by atoms with van der Waals surface area (Å²) in [4.78, 5) is 121. The fourth-order valence-corrected chi connectivity index (χ4v) is 11.5. The number of thioether (sulfide) groups is 1. The van der Waals surface area contributed by atoms with E-state index in [9.17, 15) is 48.3 Å². The third-order valence-electron chi connectivity index (χ3n) is 14.7. The van der Waals surface area contributed by atoms with E-state index in [1.807, 2.05) is 13.0 Å². The predicted molar refractivity (Wildman–Crippen MR) is 305 cm³/mol. The first kappa shape index (κ1) is 69.3.